The number of hydrogen-bond acceptors (Lipinski definition) is 3. The van der Waals surface area contributed by atoms with Crippen molar-refractivity contribution in [1.82, 2.24) is 5.32 Å². The third-order valence-electron chi connectivity index (χ3n) is 4.09. The van der Waals surface area contributed by atoms with Gasteiger partial charge in [-0.05, 0) is 47.7 Å². The second-order valence-electron chi connectivity index (χ2n) is 7.35. The molecule has 0 heterocycles. The summed E-state index contributed by atoms with van der Waals surface area (Å²) in [5.74, 6) is -0.157. The van der Waals surface area contributed by atoms with E-state index in [1.165, 1.54) is 18.2 Å². The predicted octanol–water partition coefficient (Wildman–Crippen LogP) is 3.74. The molecule has 0 aliphatic heterocycles. The van der Waals surface area contributed by atoms with Crippen molar-refractivity contribution in [1.29, 1.82) is 0 Å². The van der Waals surface area contributed by atoms with Crippen molar-refractivity contribution in [2.45, 2.75) is 45.3 Å². The zero-order valence-electron chi connectivity index (χ0n) is 15.6. The molecule has 0 bridgehead atoms. The van der Waals surface area contributed by atoms with Crippen LogP contribution in [0.15, 0.2) is 48.5 Å². The van der Waals surface area contributed by atoms with Gasteiger partial charge in [0.05, 0.1) is 6.10 Å². The molecule has 0 fully saturated rings. The second kappa shape index (κ2) is 8.32. The van der Waals surface area contributed by atoms with Crippen LogP contribution in [-0.2, 0) is 10.2 Å². The van der Waals surface area contributed by atoms with E-state index in [0.717, 1.165) is 5.56 Å². The molecular formula is C21H26FNO3. The fraction of sp³-hybridized carbons (Fsp3) is 0.381. The SMILES string of the molecule is CC(Oc1cccc(C(C)(C)C)c1)C(=O)NCC(O)c1cccc(F)c1. The lowest BCUT2D eigenvalue weighted by molar-refractivity contribution is -0.127. The van der Waals surface area contributed by atoms with E-state index in [0.29, 0.717) is 11.3 Å². The lowest BCUT2D eigenvalue weighted by Crippen LogP contribution is -2.38. The summed E-state index contributed by atoms with van der Waals surface area (Å²) in [6.07, 6.45) is -1.70. The van der Waals surface area contributed by atoms with Crippen LogP contribution in [-0.4, -0.2) is 23.7 Å². The van der Waals surface area contributed by atoms with Gasteiger partial charge in [-0.25, -0.2) is 4.39 Å². The molecule has 2 rings (SSSR count). The largest absolute Gasteiger partial charge is 0.481 e. The van der Waals surface area contributed by atoms with Crippen LogP contribution < -0.4 is 10.1 Å². The number of halogens is 1. The zero-order valence-corrected chi connectivity index (χ0v) is 15.6. The maximum absolute atomic E-state index is 13.2. The van der Waals surface area contributed by atoms with Crippen LogP contribution in [0.5, 0.6) is 5.75 Å². The molecule has 26 heavy (non-hydrogen) atoms. The van der Waals surface area contributed by atoms with Gasteiger partial charge in [0, 0.05) is 6.54 Å². The average molecular weight is 359 g/mol. The molecule has 0 aliphatic rings. The van der Waals surface area contributed by atoms with Crippen LogP contribution in [0.2, 0.25) is 0 Å². The van der Waals surface area contributed by atoms with Gasteiger partial charge >= 0.3 is 0 Å². The molecule has 140 valence electrons. The van der Waals surface area contributed by atoms with Gasteiger partial charge in [-0.3, -0.25) is 4.79 Å². The first-order valence-electron chi connectivity index (χ1n) is 8.65. The van der Waals surface area contributed by atoms with Crippen LogP contribution in [0.1, 0.15) is 44.9 Å². The van der Waals surface area contributed by atoms with Gasteiger partial charge in [0.1, 0.15) is 11.6 Å². The Hall–Kier alpha value is -2.40. The fourth-order valence-corrected chi connectivity index (χ4v) is 2.47. The van der Waals surface area contributed by atoms with Gasteiger partial charge in [-0.2, -0.15) is 0 Å². The molecule has 4 nitrogen and oxygen atoms in total. The van der Waals surface area contributed by atoms with Crippen molar-refractivity contribution < 1.29 is 19.0 Å². The average Bonchev–Trinajstić information content (AvgIpc) is 2.58. The summed E-state index contributed by atoms with van der Waals surface area (Å²) in [6.45, 7) is 7.95. The minimum atomic E-state index is -0.980. The topological polar surface area (TPSA) is 58.6 Å². The van der Waals surface area contributed by atoms with Gasteiger partial charge in [-0.1, -0.05) is 45.0 Å². The third kappa shape index (κ3) is 5.56. The highest BCUT2D eigenvalue weighted by molar-refractivity contribution is 5.80. The molecular weight excluding hydrogens is 333 g/mol. The monoisotopic (exact) mass is 359 g/mol. The normalized spacial score (nSPS) is 13.8. The molecule has 2 aromatic carbocycles. The number of hydrogen-bond donors (Lipinski definition) is 2. The number of carbonyl (C=O) groups excluding carboxylic acids is 1. The first-order chi connectivity index (χ1) is 12.2. The first-order valence-corrected chi connectivity index (χ1v) is 8.65. The molecule has 0 spiro atoms. The van der Waals surface area contributed by atoms with E-state index >= 15 is 0 Å². The number of nitrogens with one attached hydrogen (secondary N) is 1. The fourth-order valence-electron chi connectivity index (χ4n) is 2.47. The number of aliphatic hydroxyl groups is 1. The van der Waals surface area contributed by atoms with E-state index in [4.69, 9.17) is 4.74 Å². The van der Waals surface area contributed by atoms with Crippen molar-refractivity contribution in [3.05, 3.63) is 65.5 Å². The van der Waals surface area contributed by atoms with Gasteiger partial charge in [0.2, 0.25) is 0 Å². The summed E-state index contributed by atoms with van der Waals surface area (Å²) < 4.78 is 18.9. The van der Waals surface area contributed by atoms with Crippen molar-refractivity contribution in [3.63, 3.8) is 0 Å². The van der Waals surface area contributed by atoms with E-state index < -0.39 is 18.0 Å². The number of rotatable bonds is 6. The molecule has 0 radical (unpaired) electrons. The quantitative estimate of drug-likeness (QED) is 0.826. The molecule has 1 amide bonds. The number of aliphatic hydroxyl groups excluding tert-OH is 1. The van der Waals surface area contributed by atoms with Crippen LogP contribution in [0, 0.1) is 5.82 Å². The van der Waals surface area contributed by atoms with Gasteiger partial charge < -0.3 is 15.2 Å². The maximum atomic E-state index is 13.2. The van der Waals surface area contributed by atoms with E-state index in [9.17, 15) is 14.3 Å². The van der Waals surface area contributed by atoms with Crippen LogP contribution in [0.4, 0.5) is 4.39 Å². The Bertz CT molecular complexity index is 755. The van der Waals surface area contributed by atoms with E-state index in [2.05, 4.69) is 26.1 Å². The first kappa shape index (κ1) is 19.9. The predicted molar refractivity (Wildman–Crippen MR) is 99.6 cm³/mol. The van der Waals surface area contributed by atoms with Crippen molar-refractivity contribution in [2.24, 2.45) is 0 Å². The van der Waals surface area contributed by atoms with Gasteiger partial charge in [-0.15, -0.1) is 0 Å². The van der Waals surface area contributed by atoms with Crippen LogP contribution in [0.25, 0.3) is 0 Å². The molecule has 0 saturated carbocycles. The molecule has 2 aromatic rings. The Balaban J connectivity index is 1.91. The third-order valence-corrected chi connectivity index (χ3v) is 4.09. The van der Waals surface area contributed by atoms with Crippen molar-refractivity contribution >= 4 is 5.91 Å². The van der Waals surface area contributed by atoms with Crippen LogP contribution in [0.3, 0.4) is 0 Å². The van der Waals surface area contributed by atoms with Crippen LogP contribution >= 0.6 is 0 Å². The highest BCUT2D eigenvalue weighted by Gasteiger charge is 2.18. The highest BCUT2D eigenvalue weighted by Crippen LogP contribution is 2.26. The van der Waals surface area contributed by atoms with Gasteiger partial charge in [0.15, 0.2) is 6.10 Å². The molecule has 2 atom stereocenters. The van der Waals surface area contributed by atoms with E-state index in [1.54, 1.807) is 19.1 Å². The molecule has 0 saturated heterocycles. The van der Waals surface area contributed by atoms with Gasteiger partial charge in [0.25, 0.3) is 5.91 Å². The van der Waals surface area contributed by atoms with E-state index in [-0.39, 0.29) is 17.9 Å². The smallest absolute Gasteiger partial charge is 0.260 e. The molecule has 2 unspecified atom stereocenters. The second-order valence-corrected chi connectivity index (χ2v) is 7.35. The lowest BCUT2D eigenvalue weighted by atomic mass is 9.87. The Morgan fingerprint density at radius 1 is 1.19 bits per heavy atom. The molecule has 5 heteroatoms. The maximum Gasteiger partial charge on any atom is 0.260 e. The Labute approximate surface area is 154 Å². The van der Waals surface area contributed by atoms with E-state index in [1.807, 2.05) is 18.2 Å². The minimum absolute atomic E-state index is 0.0140. The zero-order chi connectivity index (χ0) is 19.3. The summed E-state index contributed by atoms with van der Waals surface area (Å²) in [6, 6.07) is 13.3. The number of ether oxygens (including phenoxy) is 1. The summed E-state index contributed by atoms with van der Waals surface area (Å²) >= 11 is 0. The Morgan fingerprint density at radius 3 is 2.54 bits per heavy atom. The minimum Gasteiger partial charge on any atom is -0.481 e. The summed E-state index contributed by atoms with van der Waals surface area (Å²) in [7, 11) is 0. The van der Waals surface area contributed by atoms with Crippen molar-refractivity contribution in [2.75, 3.05) is 6.54 Å². The Kier molecular flexibility index (Phi) is 6.37. The Morgan fingerprint density at radius 2 is 1.88 bits per heavy atom. The molecule has 0 aromatic heterocycles. The summed E-state index contributed by atoms with van der Waals surface area (Å²) in [5, 5.41) is 12.7. The molecule has 2 N–H and O–H groups in total. The summed E-state index contributed by atoms with van der Waals surface area (Å²) in [5.41, 5.74) is 1.51. The number of amides is 1. The highest BCUT2D eigenvalue weighted by atomic mass is 19.1. The standard InChI is InChI=1S/C21H26FNO3/c1-14(26-18-10-6-8-16(12-18)21(2,3)4)20(25)23-13-19(24)15-7-5-9-17(22)11-15/h5-12,14,19,24H,13H2,1-4H3,(H,23,25). The number of benzene rings is 2. The summed E-state index contributed by atoms with van der Waals surface area (Å²) in [4.78, 5) is 12.2. The number of carbonyl (C=O) groups is 1. The molecule has 0 aliphatic carbocycles. The van der Waals surface area contributed by atoms with Crippen molar-refractivity contribution in [3.8, 4) is 5.75 Å². The lowest BCUT2D eigenvalue weighted by Gasteiger charge is -2.21.